The minimum absolute atomic E-state index is 0.322. The molecule has 0 bridgehead atoms. The van der Waals surface area contributed by atoms with Crippen molar-refractivity contribution in [3.63, 3.8) is 0 Å². The maximum absolute atomic E-state index is 12.9. The summed E-state index contributed by atoms with van der Waals surface area (Å²) in [5.74, 6) is -1.94. The molecule has 0 aliphatic rings. The summed E-state index contributed by atoms with van der Waals surface area (Å²) in [6.45, 7) is 0. The first-order chi connectivity index (χ1) is 6.29. The van der Waals surface area contributed by atoms with Gasteiger partial charge in [0.2, 0.25) is 10.0 Å². The predicted octanol–water partition coefficient (Wildman–Crippen LogP) is 0.918. The van der Waals surface area contributed by atoms with Gasteiger partial charge in [0.1, 0.15) is 11.6 Å². The number of halogens is 2. The fraction of sp³-hybridized carbons (Fsp3) is 0.143. The van der Waals surface area contributed by atoms with Gasteiger partial charge < -0.3 is 5.73 Å². The summed E-state index contributed by atoms with van der Waals surface area (Å²) >= 11 is 0. The van der Waals surface area contributed by atoms with E-state index in [0.29, 0.717) is 6.07 Å². The van der Waals surface area contributed by atoms with Gasteiger partial charge in [-0.2, -0.15) is 0 Å². The van der Waals surface area contributed by atoms with Gasteiger partial charge in [0.05, 0.1) is 17.6 Å². The molecule has 4 nitrogen and oxygen atoms in total. The molecule has 0 saturated carbocycles. The summed E-state index contributed by atoms with van der Waals surface area (Å²) in [5.41, 5.74) is 4.44. The zero-order chi connectivity index (χ0) is 10.9. The zero-order valence-corrected chi connectivity index (χ0v) is 8.03. The zero-order valence-electron chi connectivity index (χ0n) is 7.21. The Kier molecular flexibility index (Phi) is 2.61. The summed E-state index contributed by atoms with van der Waals surface area (Å²) in [6, 6.07) is 1.40. The topological polar surface area (TPSA) is 72.2 Å². The third kappa shape index (κ3) is 2.56. The molecule has 14 heavy (non-hydrogen) atoms. The van der Waals surface area contributed by atoms with Crippen LogP contribution in [0.2, 0.25) is 0 Å². The number of nitrogens with one attached hydrogen (secondary N) is 1. The molecule has 1 aromatic rings. The number of hydrogen-bond acceptors (Lipinski definition) is 3. The second kappa shape index (κ2) is 3.41. The molecule has 0 radical (unpaired) electrons. The van der Waals surface area contributed by atoms with E-state index in [4.69, 9.17) is 5.73 Å². The van der Waals surface area contributed by atoms with E-state index in [1.807, 2.05) is 4.72 Å². The molecule has 0 aliphatic heterocycles. The highest BCUT2D eigenvalue weighted by molar-refractivity contribution is 7.92. The van der Waals surface area contributed by atoms with E-state index < -0.39 is 21.7 Å². The molecule has 3 N–H and O–H groups in total. The van der Waals surface area contributed by atoms with Gasteiger partial charge in [0.15, 0.2) is 0 Å². The third-order valence-electron chi connectivity index (χ3n) is 1.38. The minimum atomic E-state index is -3.60. The van der Waals surface area contributed by atoms with E-state index in [9.17, 15) is 17.2 Å². The van der Waals surface area contributed by atoms with E-state index in [1.54, 1.807) is 0 Å². The van der Waals surface area contributed by atoms with Gasteiger partial charge in [-0.05, 0) is 6.07 Å². The van der Waals surface area contributed by atoms with Crippen LogP contribution in [0.15, 0.2) is 12.1 Å². The molecule has 1 aromatic carbocycles. The molecule has 0 saturated heterocycles. The quantitative estimate of drug-likeness (QED) is 0.731. The first-order valence-electron chi connectivity index (χ1n) is 3.52. The molecule has 78 valence electrons. The Labute approximate surface area is 79.8 Å². The van der Waals surface area contributed by atoms with Gasteiger partial charge in [0.25, 0.3) is 0 Å². The van der Waals surface area contributed by atoms with E-state index >= 15 is 0 Å². The Morgan fingerprint density at radius 1 is 1.29 bits per heavy atom. The SMILES string of the molecule is CS(=O)(=O)Nc1cc(N)c(F)cc1F. The van der Waals surface area contributed by atoms with Crippen LogP contribution in [0.4, 0.5) is 20.2 Å². The lowest BCUT2D eigenvalue weighted by Gasteiger charge is -2.06. The van der Waals surface area contributed by atoms with Crippen molar-refractivity contribution in [2.24, 2.45) is 0 Å². The normalized spacial score (nSPS) is 11.4. The van der Waals surface area contributed by atoms with Crippen LogP contribution < -0.4 is 10.5 Å². The van der Waals surface area contributed by atoms with Crippen LogP contribution in [0.3, 0.4) is 0 Å². The average molecular weight is 222 g/mol. The molecule has 0 spiro atoms. The number of hydrogen-bond donors (Lipinski definition) is 2. The standard InChI is InChI=1S/C7H8F2N2O2S/c1-14(12,13)11-7-3-6(10)4(8)2-5(7)9/h2-3,11H,10H2,1H3. The second-order valence-electron chi connectivity index (χ2n) is 2.73. The van der Waals surface area contributed by atoms with Crippen LogP contribution in [0.1, 0.15) is 0 Å². The van der Waals surface area contributed by atoms with Crippen molar-refractivity contribution in [3.8, 4) is 0 Å². The number of benzene rings is 1. The van der Waals surface area contributed by atoms with E-state index in [-0.39, 0.29) is 11.4 Å². The van der Waals surface area contributed by atoms with Crippen molar-refractivity contribution >= 4 is 21.4 Å². The van der Waals surface area contributed by atoms with Crippen molar-refractivity contribution in [2.75, 3.05) is 16.7 Å². The molecular formula is C7H8F2N2O2S. The molecular weight excluding hydrogens is 214 g/mol. The molecule has 7 heteroatoms. The Hall–Kier alpha value is -1.37. The van der Waals surface area contributed by atoms with Crippen LogP contribution in [-0.2, 0) is 10.0 Å². The predicted molar refractivity (Wildman–Crippen MR) is 49.2 cm³/mol. The molecule has 0 unspecified atom stereocenters. The smallest absolute Gasteiger partial charge is 0.229 e. The summed E-state index contributed by atoms with van der Waals surface area (Å²) in [4.78, 5) is 0. The van der Waals surface area contributed by atoms with Gasteiger partial charge in [-0.25, -0.2) is 17.2 Å². The summed E-state index contributed by atoms with van der Waals surface area (Å²) in [5, 5.41) is 0. The second-order valence-corrected chi connectivity index (χ2v) is 4.48. The van der Waals surface area contributed by atoms with Crippen molar-refractivity contribution < 1.29 is 17.2 Å². The fourth-order valence-corrected chi connectivity index (χ4v) is 1.40. The van der Waals surface area contributed by atoms with Crippen LogP contribution in [0.25, 0.3) is 0 Å². The first-order valence-corrected chi connectivity index (χ1v) is 5.41. The van der Waals surface area contributed by atoms with Gasteiger partial charge in [-0.1, -0.05) is 0 Å². The number of nitrogen functional groups attached to an aromatic ring is 1. The molecule has 0 aliphatic carbocycles. The van der Waals surface area contributed by atoms with Gasteiger partial charge in [-0.3, -0.25) is 4.72 Å². The Bertz CT molecular complexity index is 459. The van der Waals surface area contributed by atoms with Crippen molar-refractivity contribution in [2.45, 2.75) is 0 Å². The monoisotopic (exact) mass is 222 g/mol. The summed E-state index contributed by atoms with van der Waals surface area (Å²) < 4.78 is 48.9. The number of nitrogens with two attached hydrogens (primary N) is 1. The van der Waals surface area contributed by atoms with Crippen molar-refractivity contribution in [3.05, 3.63) is 23.8 Å². The van der Waals surface area contributed by atoms with Crippen LogP contribution >= 0.6 is 0 Å². The Morgan fingerprint density at radius 3 is 2.36 bits per heavy atom. The van der Waals surface area contributed by atoms with Crippen LogP contribution in [0, 0.1) is 11.6 Å². The molecule has 0 heterocycles. The highest BCUT2D eigenvalue weighted by Gasteiger charge is 2.10. The average Bonchev–Trinajstić information content (AvgIpc) is 1.97. The van der Waals surface area contributed by atoms with Crippen molar-refractivity contribution in [1.29, 1.82) is 0 Å². The highest BCUT2D eigenvalue weighted by atomic mass is 32.2. The molecule has 0 amide bonds. The Morgan fingerprint density at radius 2 is 1.86 bits per heavy atom. The molecule has 0 aromatic heterocycles. The lowest BCUT2D eigenvalue weighted by molar-refractivity contribution is 0.586. The number of sulfonamides is 1. The summed E-state index contributed by atoms with van der Waals surface area (Å²) in [6.07, 6.45) is 0.853. The third-order valence-corrected chi connectivity index (χ3v) is 1.97. The molecule has 0 atom stereocenters. The van der Waals surface area contributed by atoms with E-state index in [0.717, 1.165) is 12.3 Å². The lowest BCUT2D eigenvalue weighted by Crippen LogP contribution is -2.11. The number of anilines is 2. The molecule has 1 rings (SSSR count). The summed E-state index contributed by atoms with van der Waals surface area (Å²) in [7, 11) is -3.60. The minimum Gasteiger partial charge on any atom is -0.396 e. The maximum Gasteiger partial charge on any atom is 0.229 e. The van der Waals surface area contributed by atoms with Crippen molar-refractivity contribution in [1.82, 2.24) is 0 Å². The highest BCUT2D eigenvalue weighted by Crippen LogP contribution is 2.21. The van der Waals surface area contributed by atoms with E-state index in [1.165, 1.54) is 0 Å². The van der Waals surface area contributed by atoms with E-state index in [2.05, 4.69) is 0 Å². The van der Waals surface area contributed by atoms with Gasteiger partial charge in [0, 0.05) is 6.07 Å². The largest absolute Gasteiger partial charge is 0.396 e. The molecule has 0 fully saturated rings. The maximum atomic E-state index is 12.9. The van der Waals surface area contributed by atoms with Gasteiger partial charge in [-0.15, -0.1) is 0 Å². The number of rotatable bonds is 2. The lowest BCUT2D eigenvalue weighted by atomic mass is 10.2. The van der Waals surface area contributed by atoms with Crippen LogP contribution in [0.5, 0.6) is 0 Å². The van der Waals surface area contributed by atoms with Gasteiger partial charge >= 0.3 is 0 Å². The first kappa shape index (κ1) is 10.7. The fourth-order valence-electron chi connectivity index (χ4n) is 0.844. The Balaban J connectivity index is 3.17. The van der Waals surface area contributed by atoms with Crippen LogP contribution in [-0.4, -0.2) is 14.7 Å².